The van der Waals surface area contributed by atoms with Gasteiger partial charge in [-0.05, 0) is 32.4 Å². The molecule has 1 aromatic rings. The van der Waals surface area contributed by atoms with Crippen LogP contribution in [0.3, 0.4) is 0 Å². The molecule has 1 aliphatic rings. The molecule has 0 aliphatic heterocycles. The zero-order valence-electron chi connectivity index (χ0n) is 13.2. The van der Waals surface area contributed by atoms with Crippen LogP contribution in [0.5, 0.6) is 5.75 Å². The van der Waals surface area contributed by atoms with Gasteiger partial charge in [0, 0.05) is 6.54 Å². The lowest BCUT2D eigenvalue weighted by Crippen LogP contribution is -2.28. The lowest BCUT2D eigenvalue weighted by atomic mass is 9.88. The monoisotopic (exact) mass is 280 g/mol. The molecule has 0 bridgehead atoms. The van der Waals surface area contributed by atoms with Crippen LogP contribution in [0.25, 0.3) is 0 Å². The van der Waals surface area contributed by atoms with Gasteiger partial charge >= 0.3 is 0 Å². The number of hydrogen-bond donors (Lipinski definition) is 1. The van der Waals surface area contributed by atoms with E-state index in [2.05, 4.69) is 31.0 Å². The summed E-state index contributed by atoms with van der Waals surface area (Å²) >= 11 is 0. The molecule has 3 unspecified atom stereocenters. The van der Waals surface area contributed by atoms with Crippen molar-refractivity contribution in [1.82, 2.24) is 14.7 Å². The smallest absolute Gasteiger partial charge is 0.161 e. The quantitative estimate of drug-likeness (QED) is 0.864. The lowest BCUT2D eigenvalue weighted by molar-refractivity contribution is 0.311. The Hall–Kier alpha value is -1.07. The van der Waals surface area contributed by atoms with Crippen molar-refractivity contribution in [2.75, 3.05) is 27.7 Å². The van der Waals surface area contributed by atoms with E-state index in [1.54, 1.807) is 13.3 Å². The summed E-state index contributed by atoms with van der Waals surface area (Å²) in [4.78, 5) is 2.15. The van der Waals surface area contributed by atoms with Crippen LogP contribution in [-0.2, 0) is 6.54 Å². The maximum absolute atomic E-state index is 6.56. The molecule has 114 valence electrons. The van der Waals surface area contributed by atoms with Gasteiger partial charge in [-0.15, -0.1) is 0 Å². The highest BCUT2D eigenvalue weighted by molar-refractivity contribution is 5.29. The highest BCUT2D eigenvalue weighted by Gasteiger charge is 2.33. The number of nitrogens with two attached hydrogens (primary N) is 1. The third kappa shape index (κ3) is 3.15. The summed E-state index contributed by atoms with van der Waals surface area (Å²) in [6, 6.07) is 0.0205. The largest absolute Gasteiger partial charge is 0.493 e. The summed E-state index contributed by atoms with van der Waals surface area (Å²) in [6.45, 7) is 4.11. The second kappa shape index (κ2) is 6.59. The van der Waals surface area contributed by atoms with Gasteiger partial charge in [0.15, 0.2) is 5.75 Å². The Labute approximate surface area is 122 Å². The van der Waals surface area contributed by atoms with Crippen molar-refractivity contribution >= 4 is 0 Å². The topological polar surface area (TPSA) is 56.3 Å². The molecule has 1 saturated carbocycles. The predicted octanol–water partition coefficient (Wildman–Crippen LogP) is 1.89. The van der Waals surface area contributed by atoms with Crippen molar-refractivity contribution in [3.05, 3.63) is 11.9 Å². The van der Waals surface area contributed by atoms with E-state index < -0.39 is 0 Å². The minimum Gasteiger partial charge on any atom is -0.493 e. The molecule has 0 spiro atoms. The molecule has 2 rings (SSSR count). The first-order chi connectivity index (χ1) is 9.54. The molecule has 0 radical (unpaired) electrons. The second-order valence-electron chi connectivity index (χ2n) is 6.22. The zero-order valence-corrected chi connectivity index (χ0v) is 13.2. The van der Waals surface area contributed by atoms with Gasteiger partial charge in [-0.25, -0.2) is 0 Å². The highest BCUT2D eigenvalue weighted by Crippen LogP contribution is 2.41. The minimum atomic E-state index is 0.0205. The van der Waals surface area contributed by atoms with Crippen LogP contribution in [0.2, 0.25) is 0 Å². The van der Waals surface area contributed by atoms with Crippen LogP contribution in [0, 0.1) is 11.8 Å². The van der Waals surface area contributed by atoms with Crippen molar-refractivity contribution in [3.8, 4) is 5.75 Å². The second-order valence-corrected chi connectivity index (χ2v) is 6.22. The van der Waals surface area contributed by atoms with E-state index in [0.29, 0.717) is 11.8 Å². The van der Waals surface area contributed by atoms with Crippen molar-refractivity contribution < 1.29 is 4.74 Å². The molecule has 1 fully saturated rings. The molecule has 0 amide bonds. The molecule has 20 heavy (non-hydrogen) atoms. The van der Waals surface area contributed by atoms with E-state index in [1.165, 1.54) is 19.3 Å². The Morgan fingerprint density at radius 3 is 2.80 bits per heavy atom. The Morgan fingerprint density at radius 1 is 1.50 bits per heavy atom. The lowest BCUT2D eigenvalue weighted by Gasteiger charge is -2.25. The molecule has 2 N–H and O–H groups in total. The molecular formula is C15H28N4O. The van der Waals surface area contributed by atoms with Crippen LogP contribution < -0.4 is 10.5 Å². The third-order valence-corrected chi connectivity index (χ3v) is 4.53. The van der Waals surface area contributed by atoms with Crippen LogP contribution in [0.15, 0.2) is 6.20 Å². The first-order valence-electron chi connectivity index (χ1n) is 7.54. The van der Waals surface area contributed by atoms with E-state index in [9.17, 15) is 0 Å². The molecule has 0 saturated heterocycles. The molecule has 1 aliphatic carbocycles. The van der Waals surface area contributed by atoms with Crippen molar-refractivity contribution in [3.63, 3.8) is 0 Å². The average Bonchev–Trinajstić information content (AvgIpc) is 3.01. The van der Waals surface area contributed by atoms with E-state index in [1.807, 2.05) is 4.68 Å². The van der Waals surface area contributed by atoms with Gasteiger partial charge in [0.25, 0.3) is 0 Å². The Kier molecular flexibility index (Phi) is 5.05. The summed E-state index contributed by atoms with van der Waals surface area (Å²) in [7, 11) is 5.83. The van der Waals surface area contributed by atoms with E-state index in [-0.39, 0.29) is 6.04 Å². The summed E-state index contributed by atoms with van der Waals surface area (Å²) in [5.41, 5.74) is 7.63. The molecule has 5 heteroatoms. The number of hydrogen-bond acceptors (Lipinski definition) is 4. The fourth-order valence-electron chi connectivity index (χ4n) is 3.25. The van der Waals surface area contributed by atoms with Crippen molar-refractivity contribution in [2.45, 2.75) is 38.8 Å². The molecular weight excluding hydrogens is 252 g/mol. The fraction of sp³-hybridized carbons (Fsp3) is 0.800. The van der Waals surface area contributed by atoms with Crippen LogP contribution in [-0.4, -0.2) is 42.4 Å². The zero-order chi connectivity index (χ0) is 14.7. The summed E-state index contributed by atoms with van der Waals surface area (Å²) in [6.07, 6.45) is 5.58. The molecule has 1 aromatic heterocycles. The first-order valence-corrected chi connectivity index (χ1v) is 7.54. The van der Waals surface area contributed by atoms with Gasteiger partial charge in [0.2, 0.25) is 0 Å². The van der Waals surface area contributed by atoms with Gasteiger partial charge in [0.05, 0.1) is 31.6 Å². The minimum absolute atomic E-state index is 0.0205. The van der Waals surface area contributed by atoms with E-state index in [4.69, 9.17) is 10.5 Å². The van der Waals surface area contributed by atoms with Gasteiger partial charge in [0.1, 0.15) is 0 Å². The van der Waals surface area contributed by atoms with Crippen LogP contribution >= 0.6 is 0 Å². The number of aromatic nitrogens is 2. The SMILES string of the molecule is COc1cnn(CCN(C)C)c1C(N)C1CCCC1C. The fourth-order valence-corrected chi connectivity index (χ4v) is 3.25. The predicted molar refractivity (Wildman–Crippen MR) is 80.8 cm³/mol. The van der Waals surface area contributed by atoms with Crippen molar-refractivity contribution in [2.24, 2.45) is 17.6 Å². The number of ether oxygens (including phenoxy) is 1. The third-order valence-electron chi connectivity index (χ3n) is 4.53. The number of nitrogens with zero attached hydrogens (tertiary/aromatic N) is 3. The van der Waals surface area contributed by atoms with Crippen LogP contribution in [0.4, 0.5) is 0 Å². The van der Waals surface area contributed by atoms with Crippen LogP contribution in [0.1, 0.15) is 37.9 Å². The van der Waals surface area contributed by atoms with E-state index >= 15 is 0 Å². The maximum Gasteiger partial charge on any atom is 0.161 e. The summed E-state index contributed by atoms with van der Waals surface area (Å²) in [5, 5.41) is 4.46. The molecule has 3 atom stereocenters. The van der Waals surface area contributed by atoms with E-state index in [0.717, 1.165) is 24.5 Å². The molecule has 5 nitrogen and oxygen atoms in total. The number of likely N-dealkylation sites (N-methyl/N-ethyl adjacent to an activating group) is 1. The van der Waals surface area contributed by atoms with Gasteiger partial charge in [-0.2, -0.15) is 5.10 Å². The Morgan fingerprint density at radius 2 is 2.25 bits per heavy atom. The molecule has 1 heterocycles. The standard InChI is InChI=1S/C15H28N4O/c1-11-6-5-7-12(11)14(16)15-13(20-4)10-17-19(15)9-8-18(2)3/h10-12,14H,5-9,16H2,1-4H3. The van der Waals surface area contributed by atoms with Crippen molar-refractivity contribution in [1.29, 1.82) is 0 Å². The number of methoxy groups -OCH3 is 1. The van der Waals surface area contributed by atoms with Gasteiger partial charge in [-0.1, -0.05) is 19.8 Å². The Bertz CT molecular complexity index is 430. The number of rotatable bonds is 6. The summed E-state index contributed by atoms with van der Waals surface area (Å²) in [5.74, 6) is 2.06. The average molecular weight is 280 g/mol. The summed E-state index contributed by atoms with van der Waals surface area (Å²) < 4.78 is 7.49. The first kappa shape index (κ1) is 15.3. The highest BCUT2D eigenvalue weighted by atomic mass is 16.5. The van der Waals surface area contributed by atoms with Gasteiger partial charge < -0.3 is 15.4 Å². The maximum atomic E-state index is 6.56. The van der Waals surface area contributed by atoms with Gasteiger partial charge in [-0.3, -0.25) is 4.68 Å². The Balaban J connectivity index is 2.21. The molecule has 0 aromatic carbocycles. The normalized spacial score (nSPS) is 24.3.